The van der Waals surface area contributed by atoms with E-state index in [4.69, 9.17) is 0 Å². The summed E-state index contributed by atoms with van der Waals surface area (Å²) in [6.07, 6.45) is -4.51. The van der Waals surface area contributed by atoms with Crippen molar-refractivity contribution in [1.82, 2.24) is 5.32 Å². The molecule has 2 nitrogen and oxygen atoms in total. The summed E-state index contributed by atoms with van der Waals surface area (Å²) in [6.45, 7) is 6.11. The average Bonchev–Trinajstić information content (AvgIpc) is 1.95. The molecular formula is C9H16F3NO. The van der Waals surface area contributed by atoms with Gasteiger partial charge >= 0.3 is 6.18 Å². The predicted molar refractivity (Wildman–Crippen MR) is 47.7 cm³/mol. The van der Waals surface area contributed by atoms with Crippen LogP contribution >= 0.6 is 0 Å². The minimum Gasteiger partial charge on any atom is -0.344 e. The van der Waals surface area contributed by atoms with Crippen LogP contribution in [0.3, 0.4) is 0 Å². The SMILES string of the molecule is CC[C@H](NC(=O)C(C)(C)C)C(F)(F)F. The van der Waals surface area contributed by atoms with Crippen molar-refractivity contribution >= 4 is 5.91 Å². The van der Waals surface area contributed by atoms with Crippen LogP contribution in [0, 0.1) is 5.41 Å². The average molecular weight is 211 g/mol. The highest BCUT2D eigenvalue weighted by molar-refractivity contribution is 5.81. The maximum atomic E-state index is 12.3. The summed E-state index contributed by atoms with van der Waals surface area (Å²) in [5, 5.41) is 1.98. The van der Waals surface area contributed by atoms with Gasteiger partial charge in [0, 0.05) is 5.41 Å². The monoisotopic (exact) mass is 211 g/mol. The van der Waals surface area contributed by atoms with Gasteiger partial charge in [-0.15, -0.1) is 0 Å². The first-order valence-electron chi connectivity index (χ1n) is 4.46. The summed E-state index contributed by atoms with van der Waals surface area (Å²) < 4.78 is 36.8. The normalized spacial score (nSPS) is 15.1. The zero-order valence-electron chi connectivity index (χ0n) is 8.83. The van der Waals surface area contributed by atoms with E-state index in [2.05, 4.69) is 0 Å². The summed E-state index contributed by atoms with van der Waals surface area (Å²) >= 11 is 0. The summed E-state index contributed by atoms with van der Waals surface area (Å²) in [6, 6.07) is -1.74. The Kier molecular flexibility index (Phi) is 3.97. The predicted octanol–water partition coefficient (Wildman–Crippen LogP) is 2.49. The Morgan fingerprint density at radius 1 is 1.29 bits per heavy atom. The maximum Gasteiger partial charge on any atom is 0.408 e. The largest absolute Gasteiger partial charge is 0.408 e. The van der Waals surface area contributed by atoms with Gasteiger partial charge in [-0.25, -0.2) is 0 Å². The molecule has 1 atom stereocenters. The highest BCUT2D eigenvalue weighted by Crippen LogP contribution is 2.23. The van der Waals surface area contributed by atoms with Crippen LogP contribution in [0.4, 0.5) is 13.2 Å². The number of halogens is 3. The molecule has 0 radical (unpaired) electrons. The number of nitrogens with one attached hydrogen (secondary N) is 1. The van der Waals surface area contributed by atoms with E-state index < -0.39 is 23.5 Å². The van der Waals surface area contributed by atoms with E-state index in [0.717, 1.165) is 0 Å². The van der Waals surface area contributed by atoms with Crippen molar-refractivity contribution in [2.75, 3.05) is 0 Å². The molecule has 0 aromatic heterocycles. The summed E-state index contributed by atoms with van der Waals surface area (Å²) in [5.41, 5.74) is -0.793. The smallest absolute Gasteiger partial charge is 0.344 e. The summed E-state index contributed by atoms with van der Waals surface area (Å²) in [5.74, 6) is -0.582. The van der Waals surface area contributed by atoms with Crippen LogP contribution in [-0.4, -0.2) is 18.1 Å². The van der Waals surface area contributed by atoms with E-state index in [1.165, 1.54) is 6.92 Å². The van der Waals surface area contributed by atoms with E-state index in [0.29, 0.717) is 0 Å². The van der Waals surface area contributed by atoms with Gasteiger partial charge in [-0.2, -0.15) is 13.2 Å². The van der Waals surface area contributed by atoms with Crippen LogP contribution in [0.25, 0.3) is 0 Å². The molecule has 0 spiro atoms. The fourth-order valence-corrected chi connectivity index (χ4v) is 0.790. The number of amides is 1. The Balaban J connectivity index is 4.43. The second-order valence-electron chi connectivity index (χ2n) is 4.23. The lowest BCUT2D eigenvalue weighted by molar-refractivity contribution is -0.164. The first kappa shape index (κ1) is 13.3. The molecule has 5 heteroatoms. The third-order valence-corrected chi connectivity index (χ3v) is 1.79. The molecule has 0 aliphatic heterocycles. The minimum absolute atomic E-state index is 0.147. The third kappa shape index (κ3) is 3.98. The molecule has 84 valence electrons. The van der Waals surface area contributed by atoms with Gasteiger partial charge in [0.15, 0.2) is 0 Å². The lowest BCUT2D eigenvalue weighted by Gasteiger charge is -2.25. The molecule has 0 unspecified atom stereocenters. The van der Waals surface area contributed by atoms with Crippen molar-refractivity contribution in [3.63, 3.8) is 0 Å². The Labute approximate surface area is 81.9 Å². The van der Waals surface area contributed by atoms with E-state index >= 15 is 0 Å². The summed E-state index contributed by atoms with van der Waals surface area (Å²) in [4.78, 5) is 11.3. The fourth-order valence-electron chi connectivity index (χ4n) is 0.790. The number of rotatable bonds is 2. The Hall–Kier alpha value is -0.740. The van der Waals surface area contributed by atoms with Crippen LogP contribution in [-0.2, 0) is 4.79 Å². The van der Waals surface area contributed by atoms with Gasteiger partial charge in [-0.1, -0.05) is 27.7 Å². The molecule has 1 amide bonds. The number of carbonyl (C=O) groups is 1. The van der Waals surface area contributed by atoms with Gasteiger partial charge in [0.2, 0.25) is 5.91 Å². The van der Waals surface area contributed by atoms with E-state index in [1.54, 1.807) is 20.8 Å². The topological polar surface area (TPSA) is 29.1 Å². The van der Waals surface area contributed by atoms with E-state index in [1.807, 2.05) is 5.32 Å². The van der Waals surface area contributed by atoms with Crippen molar-refractivity contribution in [2.45, 2.75) is 46.3 Å². The van der Waals surface area contributed by atoms with Gasteiger partial charge in [0.05, 0.1) is 0 Å². The molecule has 0 fully saturated rings. The number of hydrogen-bond acceptors (Lipinski definition) is 1. The summed E-state index contributed by atoms with van der Waals surface area (Å²) in [7, 11) is 0. The van der Waals surface area contributed by atoms with Crippen LogP contribution in [0.15, 0.2) is 0 Å². The molecule has 0 saturated carbocycles. The third-order valence-electron chi connectivity index (χ3n) is 1.79. The van der Waals surface area contributed by atoms with Gasteiger partial charge in [0.25, 0.3) is 0 Å². The highest BCUT2D eigenvalue weighted by atomic mass is 19.4. The Morgan fingerprint density at radius 3 is 1.93 bits per heavy atom. The van der Waals surface area contributed by atoms with Gasteiger partial charge in [-0.05, 0) is 6.42 Å². The van der Waals surface area contributed by atoms with Gasteiger partial charge in [0.1, 0.15) is 6.04 Å². The van der Waals surface area contributed by atoms with Gasteiger partial charge < -0.3 is 5.32 Å². The molecular weight excluding hydrogens is 195 g/mol. The fraction of sp³-hybridized carbons (Fsp3) is 0.889. The number of alkyl halides is 3. The molecule has 1 N–H and O–H groups in total. The molecule has 14 heavy (non-hydrogen) atoms. The lowest BCUT2D eigenvalue weighted by atomic mass is 9.95. The maximum absolute atomic E-state index is 12.3. The lowest BCUT2D eigenvalue weighted by Crippen LogP contribution is -2.48. The molecule has 0 aliphatic carbocycles. The van der Waals surface area contributed by atoms with E-state index in [-0.39, 0.29) is 6.42 Å². The van der Waals surface area contributed by atoms with Crippen molar-refractivity contribution in [1.29, 1.82) is 0 Å². The molecule has 0 bridgehead atoms. The molecule has 0 rings (SSSR count). The van der Waals surface area contributed by atoms with Crippen molar-refractivity contribution in [2.24, 2.45) is 5.41 Å². The zero-order chi connectivity index (χ0) is 11.6. The molecule has 0 aromatic rings. The highest BCUT2D eigenvalue weighted by Gasteiger charge is 2.40. The molecule has 0 saturated heterocycles. The van der Waals surface area contributed by atoms with Crippen molar-refractivity contribution < 1.29 is 18.0 Å². The standard InChI is InChI=1S/C9H16F3NO/c1-5-6(9(10,11)12)13-7(14)8(2,3)4/h6H,5H2,1-4H3,(H,13,14)/t6-/m0/s1. The molecule has 0 aliphatic rings. The van der Waals surface area contributed by atoms with Crippen molar-refractivity contribution in [3.05, 3.63) is 0 Å². The molecule has 0 aromatic carbocycles. The zero-order valence-corrected chi connectivity index (χ0v) is 8.83. The van der Waals surface area contributed by atoms with Crippen LogP contribution < -0.4 is 5.32 Å². The Morgan fingerprint density at radius 2 is 1.71 bits per heavy atom. The minimum atomic E-state index is -4.37. The number of hydrogen-bond donors (Lipinski definition) is 1. The molecule has 0 heterocycles. The van der Waals surface area contributed by atoms with Crippen LogP contribution in [0.1, 0.15) is 34.1 Å². The second-order valence-corrected chi connectivity index (χ2v) is 4.23. The first-order chi connectivity index (χ1) is 6.09. The Bertz CT molecular complexity index is 205. The van der Waals surface area contributed by atoms with Gasteiger partial charge in [-0.3, -0.25) is 4.79 Å². The van der Waals surface area contributed by atoms with Crippen LogP contribution in [0.2, 0.25) is 0 Å². The van der Waals surface area contributed by atoms with E-state index in [9.17, 15) is 18.0 Å². The van der Waals surface area contributed by atoms with Crippen LogP contribution in [0.5, 0.6) is 0 Å². The second kappa shape index (κ2) is 4.19. The quantitative estimate of drug-likeness (QED) is 0.747. The number of carbonyl (C=O) groups excluding carboxylic acids is 1. The first-order valence-corrected chi connectivity index (χ1v) is 4.46. The van der Waals surface area contributed by atoms with Crippen molar-refractivity contribution in [3.8, 4) is 0 Å².